The van der Waals surface area contributed by atoms with Crippen molar-refractivity contribution in [1.29, 1.82) is 0 Å². The molecule has 0 saturated heterocycles. The van der Waals surface area contributed by atoms with Crippen LogP contribution in [0.25, 0.3) is 10.6 Å². The molecule has 0 bridgehead atoms. The summed E-state index contributed by atoms with van der Waals surface area (Å²) < 4.78 is 5.23. The van der Waals surface area contributed by atoms with E-state index in [2.05, 4.69) is 10.3 Å². The van der Waals surface area contributed by atoms with Gasteiger partial charge in [0.25, 0.3) is 5.91 Å². The zero-order chi connectivity index (χ0) is 19.2. The summed E-state index contributed by atoms with van der Waals surface area (Å²) in [6.45, 7) is 1.90. The van der Waals surface area contributed by atoms with Crippen molar-refractivity contribution in [1.82, 2.24) is 10.3 Å². The van der Waals surface area contributed by atoms with Crippen molar-refractivity contribution in [3.63, 3.8) is 0 Å². The fourth-order valence-corrected chi connectivity index (χ4v) is 3.30. The van der Waals surface area contributed by atoms with Crippen LogP contribution in [0, 0.1) is 0 Å². The van der Waals surface area contributed by atoms with E-state index in [0.717, 1.165) is 11.1 Å². The van der Waals surface area contributed by atoms with Gasteiger partial charge in [-0.1, -0.05) is 54.1 Å². The summed E-state index contributed by atoms with van der Waals surface area (Å²) in [7, 11) is 0. The third kappa shape index (κ3) is 5.15. The second-order valence-electron chi connectivity index (χ2n) is 5.80. The molecule has 1 heterocycles. The van der Waals surface area contributed by atoms with E-state index < -0.39 is 12.1 Å². The standard InChI is InChI=1S/C20H17ClN2O3S/c1-13(18(24)22-11-14-6-3-2-4-7-14)26-20(25)17-12-27-19(23-17)15-8-5-9-16(21)10-15/h2-10,12-13H,11H2,1H3,(H,22,24). The summed E-state index contributed by atoms with van der Waals surface area (Å²) in [5.41, 5.74) is 1.95. The SMILES string of the molecule is CC(OC(=O)c1csc(-c2cccc(Cl)c2)n1)C(=O)NCc1ccccc1. The van der Waals surface area contributed by atoms with Gasteiger partial charge in [-0.05, 0) is 24.6 Å². The fourth-order valence-electron chi connectivity index (χ4n) is 2.32. The summed E-state index contributed by atoms with van der Waals surface area (Å²) in [4.78, 5) is 28.7. The lowest BCUT2D eigenvalue weighted by Crippen LogP contribution is -2.35. The first-order valence-corrected chi connectivity index (χ1v) is 9.53. The lowest BCUT2D eigenvalue weighted by Gasteiger charge is -2.12. The van der Waals surface area contributed by atoms with Gasteiger partial charge in [0, 0.05) is 22.5 Å². The number of amides is 1. The first-order valence-electron chi connectivity index (χ1n) is 8.27. The van der Waals surface area contributed by atoms with E-state index in [1.165, 1.54) is 18.3 Å². The number of halogens is 1. The molecule has 27 heavy (non-hydrogen) atoms. The van der Waals surface area contributed by atoms with Crippen LogP contribution in [0.4, 0.5) is 0 Å². The molecule has 1 atom stereocenters. The second kappa shape index (κ2) is 8.79. The predicted octanol–water partition coefficient (Wildman–Crippen LogP) is 4.33. The number of ether oxygens (including phenoxy) is 1. The molecule has 3 rings (SSSR count). The van der Waals surface area contributed by atoms with Crippen molar-refractivity contribution in [2.24, 2.45) is 0 Å². The maximum atomic E-state index is 12.3. The van der Waals surface area contributed by atoms with Crippen LogP contribution in [0.3, 0.4) is 0 Å². The third-order valence-electron chi connectivity index (χ3n) is 3.75. The molecule has 1 amide bonds. The molecule has 1 unspecified atom stereocenters. The van der Waals surface area contributed by atoms with Crippen molar-refractivity contribution in [3.05, 3.63) is 76.3 Å². The Kier molecular flexibility index (Phi) is 6.21. The molecular formula is C20H17ClN2O3S. The number of nitrogens with zero attached hydrogens (tertiary/aromatic N) is 1. The number of nitrogens with one attached hydrogen (secondary N) is 1. The van der Waals surface area contributed by atoms with E-state index in [0.29, 0.717) is 16.6 Å². The molecule has 3 aromatic rings. The number of aromatic nitrogens is 1. The number of hydrogen-bond acceptors (Lipinski definition) is 5. The lowest BCUT2D eigenvalue weighted by molar-refractivity contribution is -0.129. The Morgan fingerprint density at radius 3 is 2.70 bits per heavy atom. The number of carbonyl (C=O) groups is 2. The Bertz CT molecular complexity index is 943. The summed E-state index contributed by atoms with van der Waals surface area (Å²) >= 11 is 7.29. The van der Waals surface area contributed by atoms with E-state index in [9.17, 15) is 9.59 Å². The molecule has 138 valence electrons. The van der Waals surface area contributed by atoms with Gasteiger partial charge in [0.2, 0.25) is 0 Å². The Morgan fingerprint density at radius 2 is 1.96 bits per heavy atom. The largest absolute Gasteiger partial charge is 0.448 e. The number of hydrogen-bond donors (Lipinski definition) is 1. The summed E-state index contributed by atoms with van der Waals surface area (Å²) in [5.74, 6) is -1.00. The summed E-state index contributed by atoms with van der Waals surface area (Å²) in [5, 5.41) is 5.60. The molecule has 0 saturated carbocycles. The molecular weight excluding hydrogens is 384 g/mol. The van der Waals surface area contributed by atoms with Crippen LogP contribution in [0.5, 0.6) is 0 Å². The maximum Gasteiger partial charge on any atom is 0.358 e. The first kappa shape index (κ1) is 19.1. The van der Waals surface area contributed by atoms with E-state index in [4.69, 9.17) is 16.3 Å². The van der Waals surface area contributed by atoms with Gasteiger partial charge in [-0.3, -0.25) is 4.79 Å². The number of benzene rings is 2. The number of esters is 1. The predicted molar refractivity (Wildman–Crippen MR) is 106 cm³/mol. The Morgan fingerprint density at radius 1 is 1.19 bits per heavy atom. The van der Waals surface area contributed by atoms with Crippen molar-refractivity contribution in [3.8, 4) is 10.6 Å². The monoisotopic (exact) mass is 400 g/mol. The van der Waals surface area contributed by atoms with E-state index in [-0.39, 0.29) is 11.6 Å². The van der Waals surface area contributed by atoms with Gasteiger partial charge in [-0.25, -0.2) is 9.78 Å². The quantitative estimate of drug-likeness (QED) is 0.625. The van der Waals surface area contributed by atoms with Crippen LogP contribution in [0.2, 0.25) is 5.02 Å². The molecule has 0 aliphatic heterocycles. The zero-order valence-corrected chi connectivity index (χ0v) is 16.1. The van der Waals surface area contributed by atoms with E-state index >= 15 is 0 Å². The Labute approximate surface area is 166 Å². The van der Waals surface area contributed by atoms with Gasteiger partial charge < -0.3 is 10.1 Å². The molecule has 0 aliphatic rings. The highest BCUT2D eigenvalue weighted by atomic mass is 35.5. The van der Waals surface area contributed by atoms with E-state index in [1.54, 1.807) is 17.5 Å². The second-order valence-corrected chi connectivity index (χ2v) is 7.09. The van der Waals surface area contributed by atoms with Gasteiger partial charge in [0.05, 0.1) is 0 Å². The van der Waals surface area contributed by atoms with Gasteiger partial charge in [-0.15, -0.1) is 11.3 Å². The molecule has 0 aliphatic carbocycles. The molecule has 5 nitrogen and oxygen atoms in total. The highest BCUT2D eigenvalue weighted by molar-refractivity contribution is 7.13. The normalized spacial score (nSPS) is 11.6. The van der Waals surface area contributed by atoms with Gasteiger partial charge in [0.1, 0.15) is 5.01 Å². The zero-order valence-electron chi connectivity index (χ0n) is 14.5. The maximum absolute atomic E-state index is 12.3. The van der Waals surface area contributed by atoms with Gasteiger partial charge in [-0.2, -0.15) is 0 Å². The average Bonchev–Trinajstić information content (AvgIpc) is 3.17. The summed E-state index contributed by atoms with van der Waals surface area (Å²) in [6, 6.07) is 16.7. The van der Waals surface area contributed by atoms with Crippen molar-refractivity contribution >= 4 is 34.8 Å². The highest BCUT2D eigenvalue weighted by Crippen LogP contribution is 2.26. The van der Waals surface area contributed by atoms with Crippen molar-refractivity contribution in [2.75, 3.05) is 0 Å². The van der Waals surface area contributed by atoms with Crippen LogP contribution in [-0.4, -0.2) is 23.0 Å². The molecule has 1 N–H and O–H groups in total. The minimum absolute atomic E-state index is 0.165. The topological polar surface area (TPSA) is 68.3 Å². The molecule has 0 radical (unpaired) electrons. The fraction of sp³-hybridized carbons (Fsp3) is 0.150. The average molecular weight is 401 g/mol. The minimum atomic E-state index is -0.919. The van der Waals surface area contributed by atoms with Crippen molar-refractivity contribution in [2.45, 2.75) is 19.6 Å². The van der Waals surface area contributed by atoms with Crippen LogP contribution in [-0.2, 0) is 16.1 Å². The molecule has 0 spiro atoms. The highest BCUT2D eigenvalue weighted by Gasteiger charge is 2.21. The Hall–Kier alpha value is -2.70. The lowest BCUT2D eigenvalue weighted by atomic mass is 10.2. The van der Waals surface area contributed by atoms with Crippen LogP contribution >= 0.6 is 22.9 Å². The number of carbonyl (C=O) groups excluding carboxylic acids is 2. The number of thiazole rings is 1. The molecule has 0 fully saturated rings. The molecule has 1 aromatic heterocycles. The molecule has 7 heteroatoms. The van der Waals surface area contributed by atoms with Crippen LogP contribution in [0.1, 0.15) is 23.0 Å². The smallest absolute Gasteiger partial charge is 0.358 e. The van der Waals surface area contributed by atoms with Crippen LogP contribution < -0.4 is 5.32 Å². The van der Waals surface area contributed by atoms with E-state index in [1.807, 2.05) is 42.5 Å². The first-order chi connectivity index (χ1) is 13.0. The van der Waals surface area contributed by atoms with Crippen molar-refractivity contribution < 1.29 is 14.3 Å². The van der Waals surface area contributed by atoms with Gasteiger partial charge in [0.15, 0.2) is 11.8 Å². The van der Waals surface area contributed by atoms with Crippen LogP contribution in [0.15, 0.2) is 60.0 Å². The number of rotatable bonds is 6. The third-order valence-corrected chi connectivity index (χ3v) is 4.87. The molecule has 2 aromatic carbocycles. The minimum Gasteiger partial charge on any atom is -0.448 e. The van der Waals surface area contributed by atoms with Gasteiger partial charge >= 0.3 is 5.97 Å². The Balaban J connectivity index is 1.57. The summed E-state index contributed by atoms with van der Waals surface area (Å²) in [6.07, 6.45) is -0.919.